The highest BCUT2D eigenvalue weighted by Crippen LogP contribution is 2.35. The molecule has 1 rings (SSSR count). The Labute approximate surface area is 102 Å². The molecule has 1 aromatic rings. The monoisotopic (exact) mass is 239 g/mol. The number of nitrogens with two attached hydrogens (primary N) is 1. The number of methoxy groups -OCH3 is 2. The van der Waals surface area contributed by atoms with E-state index < -0.39 is 11.5 Å². The third-order valence-corrected chi connectivity index (χ3v) is 2.96. The lowest BCUT2D eigenvalue weighted by atomic mass is 9.82. The normalized spacial score (nSPS) is 13.3. The van der Waals surface area contributed by atoms with Crippen molar-refractivity contribution in [1.82, 2.24) is 0 Å². The number of benzene rings is 1. The van der Waals surface area contributed by atoms with E-state index in [4.69, 9.17) is 15.2 Å². The van der Waals surface area contributed by atoms with Crippen LogP contribution in [0.3, 0.4) is 0 Å². The minimum Gasteiger partial charge on any atom is -0.497 e. The first-order valence-corrected chi connectivity index (χ1v) is 5.55. The molecule has 0 aromatic heterocycles. The Morgan fingerprint density at radius 1 is 1.18 bits per heavy atom. The molecule has 96 valence electrons. The van der Waals surface area contributed by atoms with Crippen molar-refractivity contribution in [2.75, 3.05) is 20.8 Å². The molecule has 0 saturated carbocycles. The van der Waals surface area contributed by atoms with Gasteiger partial charge in [-0.3, -0.25) is 0 Å². The predicted molar refractivity (Wildman–Crippen MR) is 67.3 cm³/mol. The molecule has 0 aliphatic rings. The van der Waals surface area contributed by atoms with Crippen molar-refractivity contribution in [2.24, 2.45) is 11.1 Å². The lowest BCUT2D eigenvalue weighted by Crippen LogP contribution is -2.30. The van der Waals surface area contributed by atoms with E-state index in [1.165, 1.54) is 0 Å². The maximum atomic E-state index is 10.3. The molecule has 1 unspecified atom stereocenters. The van der Waals surface area contributed by atoms with Gasteiger partial charge in [0.05, 0.1) is 20.3 Å². The number of hydrogen-bond acceptors (Lipinski definition) is 4. The van der Waals surface area contributed by atoms with Gasteiger partial charge in [0.1, 0.15) is 11.5 Å². The molecule has 0 bridgehead atoms. The summed E-state index contributed by atoms with van der Waals surface area (Å²) in [6.45, 7) is 4.24. The van der Waals surface area contributed by atoms with Crippen LogP contribution in [0.15, 0.2) is 18.2 Å². The Bertz CT molecular complexity index is 355. The summed E-state index contributed by atoms with van der Waals surface area (Å²) in [5.74, 6) is 1.32. The maximum absolute atomic E-state index is 10.3. The van der Waals surface area contributed by atoms with Crippen LogP contribution in [0.5, 0.6) is 11.5 Å². The molecule has 0 heterocycles. The average molecular weight is 239 g/mol. The van der Waals surface area contributed by atoms with Crippen molar-refractivity contribution >= 4 is 0 Å². The smallest absolute Gasteiger partial charge is 0.122 e. The minimum absolute atomic E-state index is 0.391. The molecular formula is C13H21NO3. The number of ether oxygens (including phenoxy) is 2. The summed E-state index contributed by atoms with van der Waals surface area (Å²) >= 11 is 0. The summed E-state index contributed by atoms with van der Waals surface area (Å²) in [7, 11) is 3.16. The summed E-state index contributed by atoms with van der Waals surface area (Å²) in [5.41, 5.74) is 6.02. The zero-order valence-corrected chi connectivity index (χ0v) is 10.9. The van der Waals surface area contributed by atoms with Gasteiger partial charge in [-0.05, 0) is 17.7 Å². The second kappa shape index (κ2) is 5.38. The quantitative estimate of drug-likeness (QED) is 0.821. The van der Waals surface area contributed by atoms with Gasteiger partial charge in [0.25, 0.3) is 0 Å². The topological polar surface area (TPSA) is 64.7 Å². The summed E-state index contributed by atoms with van der Waals surface area (Å²) < 4.78 is 10.3. The zero-order chi connectivity index (χ0) is 13.1. The first kappa shape index (κ1) is 13.8. The van der Waals surface area contributed by atoms with Crippen LogP contribution in [0, 0.1) is 5.41 Å². The summed E-state index contributed by atoms with van der Waals surface area (Å²) in [5, 5.41) is 10.3. The molecule has 4 heteroatoms. The summed E-state index contributed by atoms with van der Waals surface area (Å²) in [4.78, 5) is 0. The van der Waals surface area contributed by atoms with Gasteiger partial charge >= 0.3 is 0 Å². The van der Waals surface area contributed by atoms with Crippen LogP contribution < -0.4 is 15.2 Å². The van der Waals surface area contributed by atoms with E-state index in [1.54, 1.807) is 32.4 Å². The van der Waals surface area contributed by atoms with Gasteiger partial charge < -0.3 is 20.3 Å². The molecule has 4 nitrogen and oxygen atoms in total. The molecular weight excluding hydrogens is 218 g/mol. The van der Waals surface area contributed by atoms with Gasteiger partial charge in [-0.2, -0.15) is 0 Å². The van der Waals surface area contributed by atoms with Crippen molar-refractivity contribution in [3.05, 3.63) is 23.8 Å². The first-order chi connectivity index (χ1) is 7.94. The van der Waals surface area contributed by atoms with Gasteiger partial charge in [-0.25, -0.2) is 0 Å². The standard InChI is InChI=1S/C13H21NO3/c1-13(2,8-14)12(15)9-5-10(16-3)7-11(6-9)17-4/h5-7,12,15H,8,14H2,1-4H3. The van der Waals surface area contributed by atoms with Crippen LogP contribution in [-0.4, -0.2) is 25.9 Å². The minimum atomic E-state index is -0.656. The molecule has 0 aliphatic heterocycles. The second-order valence-electron chi connectivity index (χ2n) is 4.74. The molecule has 17 heavy (non-hydrogen) atoms. The van der Waals surface area contributed by atoms with E-state index in [0.29, 0.717) is 18.0 Å². The average Bonchev–Trinajstić information content (AvgIpc) is 2.36. The first-order valence-electron chi connectivity index (χ1n) is 5.55. The fourth-order valence-corrected chi connectivity index (χ4v) is 1.55. The van der Waals surface area contributed by atoms with Crippen LogP contribution in [0.2, 0.25) is 0 Å². The van der Waals surface area contributed by atoms with Crippen LogP contribution >= 0.6 is 0 Å². The third-order valence-electron chi connectivity index (χ3n) is 2.96. The Morgan fingerprint density at radius 3 is 2.00 bits per heavy atom. The van der Waals surface area contributed by atoms with E-state index in [9.17, 15) is 5.11 Å². The van der Waals surface area contributed by atoms with Crippen LogP contribution in [0.25, 0.3) is 0 Å². The largest absolute Gasteiger partial charge is 0.497 e. The predicted octanol–water partition coefficient (Wildman–Crippen LogP) is 1.72. The van der Waals surface area contributed by atoms with Crippen molar-refractivity contribution in [3.63, 3.8) is 0 Å². The van der Waals surface area contributed by atoms with Gasteiger partial charge in [-0.15, -0.1) is 0 Å². The van der Waals surface area contributed by atoms with E-state index in [-0.39, 0.29) is 0 Å². The van der Waals surface area contributed by atoms with E-state index in [1.807, 2.05) is 13.8 Å². The highest BCUT2D eigenvalue weighted by atomic mass is 16.5. The van der Waals surface area contributed by atoms with Gasteiger partial charge in [-0.1, -0.05) is 13.8 Å². The molecule has 0 spiro atoms. The molecule has 0 fully saturated rings. The molecule has 3 N–H and O–H groups in total. The molecule has 0 aliphatic carbocycles. The third kappa shape index (κ3) is 3.11. The Hall–Kier alpha value is -1.26. The van der Waals surface area contributed by atoms with Crippen LogP contribution in [-0.2, 0) is 0 Å². The highest BCUT2D eigenvalue weighted by molar-refractivity contribution is 5.39. The van der Waals surface area contributed by atoms with Crippen molar-refractivity contribution in [2.45, 2.75) is 20.0 Å². The van der Waals surface area contributed by atoms with Crippen LogP contribution in [0.1, 0.15) is 25.5 Å². The maximum Gasteiger partial charge on any atom is 0.122 e. The number of rotatable bonds is 5. The Balaban J connectivity index is 3.12. The van der Waals surface area contributed by atoms with Gasteiger partial charge in [0.2, 0.25) is 0 Å². The zero-order valence-electron chi connectivity index (χ0n) is 10.9. The SMILES string of the molecule is COc1cc(OC)cc(C(O)C(C)(C)CN)c1. The summed E-state index contributed by atoms with van der Waals surface area (Å²) in [6.07, 6.45) is -0.656. The molecule has 0 saturated heterocycles. The lowest BCUT2D eigenvalue weighted by molar-refractivity contribution is 0.0551. The molecule has 0 amide bonds. The Kier molecular flexibility index (Phi) is 4.37. The number of aliphatic hydroxyl groups is 1. The summed E-state index contributed by atoms with van der Waals surface area (Å²) in [6, 6.07) is 5.36. The van der Waals surface area contributed by atoms with E-state index in [0.717, 1.165) is 5.56 Å². The fraction of sp³-hybridized carbons (Fsp3) is 0.538. The second-order valence-corrected chi connectivity index (χ2v) is 4.74. The van der Waals surface area contributed by atoms with E-state index in [2.05, 4.69) is 0 Å². The molecule has 1 aromatic carbocycles. The lowest BCUT2D eigenvalue weighted by Gasteiger charge is -2.29. The van der Waals surface area contributed by atoms with Gasteiger partial charge in [0, 0.05) is 18.0 Å². The van der Waals surface area contributed by atoms with Gasteiger partial charge in [0.15, 0.2) is 0 Å². The van der Waals surface area contributed by atoms with Crippen molar-refractivity contribution in [1.29, 1.82) is 0 Å². The number of aliphatic hydroxyl groups excluding tert-OH is 1. The highest BCUT2D eigenvalue weighted by Gasteiger charge is 2.28. The van der Waals surface area contributed by atoms with Crippen molar-refractivity contribution in [3.8, 4) is 11.5 Å². The van der Waals surface area contributed by atoms with Crippen LogP contribution in [0.4, 0.5) is 0 Å². The number of hydrogen-bond donors (Lipinski definition) is 2. The Morgan fingerprint density at radius 2 is 1.65 bits per heavy atom. The molecule has 0 radical (unpaired) electrons. The van der Waals surface area contributed by atoms with E-state index >= 15 is 0 Å². The molecule has 1 atom stereocenters. The van der Waals surface area contributed by atoms with Crippen molar-refractivity contribution < 1.29 is 14.6 Å². The fourth-order valence-electron chi connectivity index (χ4n) is 1.55.